The normalized spacial score (nSPS) is 17.4. The summed E-state index contributed by atoms with van der Waals surface area (Å²) in [6, 6.07) is 2.90. The lowest BCUT2D eigenvalue weighted by molar-refractivity contribution is 0.00142. The summed E-state index contributed by atoms with van der Waals surface area (Å²) in [7, 11) is -3.84. The standard InChI is InChI=1S/C21H25ClN6O5S/c1-12(2)33-18(19-24-7-14(22)8-25-19)13(3)34(30,31)11-17-26-27-20-16-5-4-6-23-21(16)32-10-15(9-29)28(17)20/h4-8,12-13,15,18,29H,9-11H2,1-3H3/t13-,15-,18+/m0/s1. The van der Waals surface area contributed by atoms with Crippen LogP contribution in [0.3, 0.4) is 0 Å². The zero-order valence-corrected chi connectivity index (χ0v) is 20.4. The van der Waals surface area contributed by atoms with Gasteiger partial charge >= 0.3 is 0 Å². The topological polar surface area (TPSA) is 142 Å². The van der Waals surface area contributed by atoms with Crippen LogP contribution in [0.1, 0.15) is 44.6 Å². The van der Waals surface area contributed by atoms with Gasteiger partial charge in [-0.3, -0.25) is 0 Å². The number of halogens is 1. The summed E-state index contributed by atoms with van der Waals surface area (Å²) in [5, 5.41) is 17.7. The molecular formula is C21H25ClN6O5S. The summed E-state index contributed by atoms with van der Waals surface area (Å²) >= 11 is 5.89. The zero-order chi connectivity index (χ0) is 24.5. The van der Waals surface area contributed by atoms with Crippen LogP contribution in [0.4, 0.5) is 0 Å². The van der Waals surface area contributed by atoms with Crippen LogP contribution in [-0.4, -0.2) is 67.8 Å². The Hall–Kier alpha value is -2.67. The Kier molecular flexibility index (Phi) is 7.12. The average molecular weight is 509 g/mol. The van der Waals surface area contributed by atoms with E-state index in [-0.39, 0.29) is 31.0 Å². The molecule has 0 amide bonds. The van der Waals surface area contributed by atoms with Gasteiger partial charge in [-0.1, -0.05) is 11.6 Å². The molecular weight excluding hydrogens is 484 g/mol. The highest BCUT2D eigenvalue weighted by atomic mass is 35.5. The van der Waals surface area contributed by atoms with E-state index in [9.17, 15) is 13.5 Å². The van der Waals surface area contributed by atoms with E-state index in [0.717, 1.165) is 0 Å². The van der Waals surface area contributed by atoms with E-state index in [1.54, 1.807) is 43.7 Å². The molecule has 3 aromatic rings. The van der Waals surface area contributed by atoms with Crippen LogP contribution in [0, 0.1) is 0 Å². The number of aliphatic hydroxyl groups is 1. The van der Waals surface area contributed by atoms with Crippen molar-refractivity contribution in [2.24, 2.45) is 0 Å². The van der Waals surface area contributed by atoms with Gasteiger partial charge in [-0.2, -0.15) is 0 Å². The second-order valence-electron chi connectivity index (χ2n) is 8.19. The average Bonchev–Trinajstić information content (AvgIpc) is 3.12. The maximum atomic E-state index is 13.5. The lowest BCUT2D eigenvalue weighted by Gasteiger charge is -2.25. The number of pyridine rings is 1. The molecule has 1 N–H and O–H groups in total. The molecule has 4 heterocycles. The molecule has 0 unspecified atom stereocenters. The number of ether oxygens (including phenoxy) is 2. The highest BCUT2D eigenvalue weighted by Crippen LogP contribution is 2.34. The lowest BCUT2D eigenvalue weighted by Crippen LogP contribution is -2.32. The van der Waals surface area contributed by atoms with Crippen molar-refractivity contribution in [3.8, 4) is 17.3 Å². The van der Waals surface area contributed by atoms with Crippen molar-refractivity contribution < 1.29 is 23.0 Å². The lowest BCUT2D eigenvalue weighted by atomic mass is 10.2. The molecule has 182 valence electrons. The minimum atomic E-state index is -3.84. The molecule has 13 heteroatoms. The fourth-order valence-electron chi connectivity index (χ4n) is 3.69. The van der Waals surface area contributed by atoms with Crippen LogP contribution in [-0.2, 0) is 20.3 Å². The molecule has 3 atom stereocenters. The van der Waals surface area contributed by atoms with Gasteiger partial charge in [-0.15, -0.1) is 10.2 Å². The minimum absolute atomic E-state index is 0.0891. The molecule has 4 rings (SSSR count). The van der Waals surface area contributed by atoms with Crippen molar-refractivity contribution >= 4 is 21.4 Å². The van der Waals surface area contributed by atoms with Gasteiger partial charge in [0.05, 0.1) is 34.6 Å². The van der Waals surface area contributed by atoms with Gasteiger partial charge < -0.3 is 19.1 Å². The van der Waals surface area contributed by atoms with E-state index in [1.807, 2.05) is 0 Å². The van der Waals surface area contributed by atoms with Gasteiger partial charge in [-0.25, -0.2) is 23.4 Å². The maximum absolute atomic E-state index is 13.5. The van der Waals surface area contributed by atoms with Crippen molar-refractivity contribution in [1.82, 2.24) is 29.7 Å². The number of aromatic nitrogens is 6. The number of sulfone groups is 1. The van der Waals surface area contributed by atoms with Gasteiger partial charge in [0.15, 0.2) is 21.5 Å². The Balaban J connectivity index is 1.69. The van der Waals surface area contributed by atoms with Crippen molar-refractivity contribution in [3.63, 3.8) is 0 Å². The summed E-state index contributed by atoms with van der Waals surface area (Å²) in [5.74, 6) is 0.699. The monoisotopic (exact) mass is 508 g/mol. The third-order valence-electron chi connectivity index (χ3n) is 5.40. The Labute approximate surface area is 202 Å². The second kappa shape index (κ2) is 9.90. The van der Waals surface area contributed by atoms with Crippen LogP contribution < -0.4 is 4.74 Å². The number of hydrogen-bond donors (Lipinski definition) is 1. The Bertz CT molecular complexity index is 1250. The minimum Gasteiger partial charge on any atom is -0.475 e. The SMILES string of the molecule is CC(C)O[C@@H](c1ncc(Cl)cn1)[C@H](C)S(=O)(=O)Cc1nnc2n1[C@@H](CO)COc1ncccc1-2. The molecule has 0 aliphatic carbocycles. The Morgan fingerprint density at radius 3 is 2.65 bits per heavy atom. The smallest absolute Gasteiger partial charge is 0.224 e. The first kappa shape index (κ1) is 24.5. The molecule has 1 aliphatic heterocycles. The molecule has 0 fully saturated rings. The third kappa shape index (κ3) is 4.90. The van der Waals surface area contributed by atoms with E-state index < -0.39 is 33.0 Å². The number of rotatable bonds is 8. The number of fused-ring (bicyclic) bond motifs is 3. The van der Waals surface area contributed by atoms with Crippen LogP contribution in [0.25, 0.3) is 11.4 Å². The van der Waals surface area contributed by atoms with E-state index in [4.69, 9.17) is 21.1 Å². The summed E-state index contributed by atoms with van der Waals surface area (Å²) < 4.78 is 40.3. The first-order chi connectivity index (χ1) is 16.2. The Morgan fingerprint density at radius 1 is 1.24 bits per heavy atom. The van der Waals surface area contributed by atoms with Crippen molar-refractivity contribution in [2.45, 2.75) is 50.0 Å². The largest absolute Gasteiger partial charge is 0.475 e. The molecule has 0 spiro atoms. The zero-order valence-electron chi connectivity index (χ0n) is 18.9. The molecule has 0 radical (unpaired) electrons. The summed E-state index contributed by atoms with van der Waals surface area (Å²) in [5.41, 5.74) is 0.568. The molecule has 0 saturated carbocycles. The predicted molar refractivity (Wildman–Crippen MR) is 123 cm³/mol. The van der Waals surface area contributed by atoms with Gasteiger partial charge in [0, 0.05) is 18.6 Å². The van der Waals surface area contributed by atoms with Crippen molar-refractivity contribution in [2.75, 3.05) is 13.2 Å². The quantitative estimate of drug-likeness (QED) is 0.480. The number of nitrogens with zero attached hydrogens (tertiary/aromatic N) is 6. The van der Waals surface area contributed by atoms with Crippen LogP contribution in [0.5, 0.6) is 5.88 Å². The molecule has 0 bridgehead atoms. The second-order valence-corrected chi connectivity index (χ2v) is 11.0. The van der Waals surface area contributed by atoms with Crippen LogP contribution in [0.2, 0.25) is 5.02 Å². The first-order valence-electron chi connectivity index (χ1n) is 10.7. The van der Waals surface area contributed by atoms with Crippen LogP contribution >= 0.6 is 11.6 Å². The summed E-state index contributed by atoms with van der Waals surface area (Å²) in [4.78, 5) is 12.6. The third-order valence-corrected chi connectivity index (χ3v) is 7.64. The predicted octanol–water partition coefficient (Wildman–Crippen LogP) is 2.18. The highest BCUT2D eigenvalue weighted by Gasteiger charge is 2.37. The summed E-state index contributed by atoms with van der Waals surface area (Å²) in [6.45, 7) is 4.95. The molecule has 11 nitrogen and oxygen atoms in total. The molecule has 34 heavy (non-hydrogen) atoms. The van der Waals surface area contributed by atoms with E-state index in [0.29, 0.717) is 22.3 Å². The molecule has 1 aliphatic rings. The fraction of sp³-hybridized carbons (Fsp3) is 0.476. The van der Waals surface area contributed by atoms with E-state index in [2.05, 4.69) is 25.1 Å². The van der Waals surface area contributed by atoms with Crippen molar-refractivity contribution in [3.05, 3.63) is 47.4 Å². The van der Waals surface area contributed by atoms with Gasteiger partial charge in [0.25, 0.3) is 0 Å². The first-order valence-corrected chi connectivity index (χ1v) is 12.8. The fourth-order valence-corrected chi connectivity index (χ4v) is 5.17. The highest BCUT2D eigenvalue weighted by molar-refractivity contribution is 7.91. The molecule has 3 aromatic heterocycles. The van der Waals surface area contributed by atoms with Gasteiger partial charge in [-0.05, 0) is 32.9 Å². The van der Waals surface area contributed by atoms with Gasteiger partial charge in [0.2, 0.25) is 5.88 Å². The van der Waals surface area contributed by atoms with E-state index in [1.165, 1.54) is 12.4 Å². The number of aliphatic hydroxyl groups excluding tert-OH is 1. The maximum Gasteiger partial charge on any atom is 0.224 e. The van der Waals surface area contributed by atoms with Crippen LogP contribution in [0.15, 0.2) is 30.7 Å². The van der Waals surface area contributed by atoms with Gasteiger partial charge in [0.1, 0.15) is 24.3 Å². The molecule has 0 saturated heterocycles. The Morgan fingerprint density at radius 2 is 1.97 bits per heavy atom. The summed E-state index contributed by atoms with van der Waals surface area (Å²) in [6.07, 6.45) is 3.19. The van der Waals surface area contributed by atoms with Crippen molar-refractivity contribution in [1.29, 1.82) is 0 Å². The number of hydrogen-bond acceptors (Lipinski definition) is 10. The molecule has 0 aromatic carbocycles. The van der Waals surface area contributed by atoms with E-state index >= 15 is 0 Å².